The van der Waals surface area contributed by atoms with Gasteiger partial charge in [0, 0.05) is 15.9 Å². The second-order valence-corrected chi connectivity index (χ2v) is 5.08. The molecule has 114 valence electrons. The van der Waals surface area contributed by atoms with Crippen molar-refractivity contribution < 1.29 is 19.2 Å². The second-order valence-electron chi connectivity index (χ2n) is 4.23. The number of fused-ring (bicyclic) bond motifs is 1. The van der Waals surface area contributed by atoms with Crippen LogP contribution in [0.1, 0.15) is 6.92 Å². The fourth-order valence-electron chi connectivity index (χ4n) is 1.95. The predicted molar refractivity (Wildman–Crippen MR) is 83.6 cm³/mol. The number of hydrogen-bond acceptors (Lipinski definition) is 5. The zero-order valence-corrected chi connectivity index (χ0v) is 13.0. The van der Waals surface area contributed by atoms with Gasteiger partial charge in [0.1, 0.15) is 5.69 Å². The van der Waals surface area contributed by atoms with E-state index in [-0.39, 0.29) is 18.0 Å². The third-order valence-corrected chi connectivity index (χ3v) is 3.53. The highest BCUT2D eigenvalue weighted by Gasteiger charge is 2.24. The molecule has 0 atom stereocenters. The molecule has 22 heavy (non-hydrogen) atoms. The number of nitrogens with one attached hydrogen (secondary N) is 1. The molecule has 0 radical (unpaired) electrons. The minimum atomic E-state index is -1.09. The lowest BCUT2D eigenvalue weighted by Gasteiger charge is -2.10. The second kappa shape index (κ2) is 6.52. The molecular weight excluding hydrogens is 356 g/mol. The van der Waals surface area contributed by atoms with Gasteiger partial charge in [0.15, 0.2) is 0 Å². The van der Waals surface area contributed by atoms with Gasteiger partial charge in [0.2, 0.25) is 0 Å². The van der Waals surface area contributed by atoms with Crippen molar-refractivity contribution in [3.05, 3.63) is 44.9 Å². The van der Waals surface area contributed by atoms with E-state index in [1.54, 1.807) is 31.2 Å². The number of nitro groups is 1. The van der Waals surface area contributed by atoms with Gasteiger partial charge in [-0.2, -0.15) is 0 Å². The lowest BCUT2D eigenvalue weighted by Crippen LogP contribution is -2.25. The normalized spacial score (nSPS) is 10.3. The topological polar surface area (TPSA) is 98.5 Å². The van der Waals surface area contributed by atoms with E-state index in [2.05, 4.69) is 26.0 Å². The molecule has 1 N–H and O–H groups in total. The van der Waals surface area contributed by atoms with Crippen LogP contribution in [0.25, 0.3) is 10.8 Å². The third kappa shape index (κ3) is 3.06. The first-order chi connectivity index (χ1) is 10.5. The molecule has 0 fully saturated rings. The Kier molecular flexibility index (Phi) is 4.71. The number of ether oxygens (including phenoxy) is 1. The van der Waals surface area contributed by atoms with Gasteiger partial charge in [-0.1, -0.05) is 24.3 Å². The van der Waals surface area contributed by atoms with Crippen molar-refractivity contribution in [2.24, 2.45) is 0 Å². The average molecular weight is 367 g/mol. The van der Waals surface area contributed by atoms with Crippen LogP contribution in [0.5, 0.6) is 0 Å². The van der Waals surface area contributed by atoms with Crippen molar-refractivity contribution in [3.63, 3.8) is 0 Å². The number of rotatable bonds is 3. The van der Waals surface area contributed by atoms with Crippen LogP contribution in [0.2, 0.25) is 0 Å². The highest BCUT2D eigenvalue weighted by Crippen LogP contribution is 2.38. The predicted octanol–water partition coefficient (Wildman–Crippen LogP) is 3.01. The minimum Gasteiger partial charge on any atom is -0.459 e. The highest BCUT2D eigenvalue weighted by molar-refractivity contribution is 9.10. The van der Waals surface area contributed by atoms with Gasteiger partial charge in [-0.3, -0.25) is 14.9 Å². The number of benzene rings is 2. The molecule has 0 aliphatic heterocycles. The minimum absolute atomic E-state index is 0.0371. The third-order valence-electron chi connectivity index (χ3n) is 2.87. The molecule has 0 spiro atoms. The standard InChI is InChI=1S/C14H11BrN2O5/c1-2-22-14(19)13(18)16-12-9-6-4-3-5-8(9)10(15)7-11(12)17(20)21/h3-7H,2H2,1H3,(H,16,18). The first-order valence-corrected chi connectivity index (χ1v) is 7.08. The summed E-state index contributed by atoms with van der Waals surface area (Å²) in [6, 6.07) is 8.08. The zero-order chi connectivity index (χ0) is 16.3. The van der Waals surface area contributed by atoms with Crippen LogP contribution < -0.4 is 5.32 Å². The Labute approximate surface area is 133 Å². The number of hydrogen-bond donors (Lipinski definition) is 1. The zero-order valence-electron chi connectivity index (χ0n) is 11.5. The Morgan fingerprint density at radius 3 is 2.55 bits per heavy atom. The lowest BCUT2D eigenvalue weighted by atomic mass is 10.1. The van der Waals surface area contributed by atoms with Gasteiger partial charge in [0.25, 0.3) is 5.69 Å². The molecule has 7 nitrogen and oxygen atoms in total. The Hall–Kier alpha value is -2.48. The quantitative estimate of drug-likeness (QED) is 0.389. The van der Waals surface area contributed by atoms with Crippen LogP contribution in [0.15, 0.2) is 34.8 Å². The number of anilines is 1. The molecule has 0 aromatic heterocycles. The molecule has 0 unspecified atom stereocenters. The fraction of sp³-hybridized carbons (Fsp3) is 0.143. The fourth-order valence-corrected chi connectivity index (χ4v) is 2.52. The number of nitro benzene ring substituents is 1. The SMILES string of the molecule is CCOC(=O)C(=O)Nc1c([N+](=O)[O-])cc(Br)c2ccccc12. The van der Waals surface area contributed by atoms with E-state index < -0.39 is 16.8 Å². The maximum Gasteiger partial charge on any atom is 0.397 e. The Morgan fingerprint density at radius 2 is 1.95 bits per heavy atom. The van der Waals surface area contributed by atoms with E-state index >= 15 is 0 Å². The van der Waals surface area contributed by atoms with E-state index in [4.69, 9.17) is 0 Å². The number of carbonyl (C=O) groups is 2. The maximum atomic E-state index is 11.8. The van der Waals surface area contributed by atoms with E-state index in [0.717, 1.165) is 0 Å². The summed E-state index contributed by atoms with van der Waals surface area (Å²) in [6.45, 7) is 1.60. The van der Waals surface area contributed by atoms with E-state index in [1.807, 2.05) is 0 Å². The van der Waals surface area contributed by atoms with Crippen molar-refractivity contribution in [2.45, 2.75) is 6.92 Å². The molecule has 2 rings (SSSR count). The molecule has 0 heterocycles. The van der Waals surface area contributed by atoms with E-state index in [1.165, 1.54) is 6.07 Å². The first-order valence-electron chi connectivity index (χ1n) is 6.29. The lowest BCUT2D eigenvalue weighted by molar-refractivity contribution is -0.383. The van der Waals surface area contributed by atoms with Gasteiger partial charge in [-0.15, -0.1) is 0 Å². The number of carbonyl (C=O) groups excluding carboxylic acids is 2. The summed E-state index contributed by atoms with van der Waals surface area (Å²) < 4.78 is 5.10. The molecule has 0 aliphatic rings. The van der Waals surface area contributed by atoms with Gasteiger partial charge >= 0.3 is 11.9 Å². The molecule has 0 bridgehead atoms. The number of halogens is 1. The summed E-state index contributed by atoms with van der Waals surface area (Å²) in [5.41, 5.74) is -0.356. The van der Waals surface area contributed by atoms with Crippen molar-refractivity contribution >= 4 is 50.0 Å². The Balaban J connectivity index is 2.57. The molecule has 0 aliphatic carbocycles. The molecule has 1 amide bonds. The molecular formula is C14H11BrN2O5. The number of nitrogens with zero attached hydrogens (tertiary/aromatic N) is 1. The van der Waals surface area contributed by atoms with E-state index in [9.17, 15) is 19.7 Å². The van der Waals surface area contributed by atoms with Crippen LogP contribution >= 0.6 is 15.9 Å². The smallest absolute Gasteiger partial charge is 0.397 e. The molecule has 2 aromatic rings. The Morgan fingerprint density at radius 1 is 1.32 bits per heavy atom. The average Bonchev–Trinajstić information content (AvgIpc) is 2.49. The number of esters is 1. The summed E-state index contributed by atoms with van der Waals surface area (Å²) in [7, 11) is 0. The van der Waals surface area contributed by atoms with Gasteiger partial charge in [-0.05, 0) is 28.2 Å². The molecule has 0 saturated carbocycles. The van der Waals surface area contributed by atoms with Gasteiger partial charge in [-0.25, -0.2) is 4.79 Å². The number of amides is 1. The van der Waals surface area contributed by atoms with E-state index in [0.29, 0.717) is 15.2 Å². The van der Waals surface area contributed by atoms with Crippen LogP contribution in [0.4, 0.5) is 11.4 Å². The molecule has 2 aromatic carbocycles. The van der Waals surface area contributed by atoms with Crippen LogP contribution in [-0.4, -0.2) is 23.4 Å². The van der Waals surface area contributed by atoms with Crippen LogP contribution in [-0.2, 0) is 14.3 Å². The monoisotopic (exact) mass is 366 g/mol. The molecule has 8 heteroatoms. The van der Waals surface area contributed by atoms with Crippen molar-refractivity contribution in [3.8, 4) is 0 Å². The Bertz CT molecular complexity index is 775. The first kappa shape index (κ1) is 15.9. The summed E-state index contributed by atoms with van der Waals surface area (Å²) in [5, 5.41) is 14.6. The summed E-state index contributed by atoms with van der Waals surface area (Å²) >= 11 is 3.26. The highest BCUT2D eigenvalue weighted by atomic mass is 79.9. The van der Waals surface area contributed by atoms with Gasteiger partial charge < -0.3 is 10.1 Å². The van der Waals surface area contributed by atoms with Crippen LogP contribution in [0, 0.1) is 10.1 Å². The summed E-state index contributed by atoms with van der Waals surface area (Å²) in [5.74, 6) is -2.15. The summed E-state index contributed by atoms with van der Waals surface area (Å²) in [4.78, 5) is 33.8. The van der Waals surface area contributed by atoms with Crippen molar-refractivity contribution in [1.82, 2.24) is 0 Å². The summed E-state index contributed by atoms with van der Waals surface area (Å²) in [6.07, 6.45) is 0. The van der Waals surface area contributed by atoms with Gasteiger partial charge in [0.05, 0.1) is 11.5 Å². The largest absolute Gasteiger partial charge is 0.459 e. The van der Waals surface area contributed by atoms with Crippen molar-refractivity contribution in [2.75, 3.05) is 11.9 Å². The maximum absolute atomic E-state index is 11.8. The molecule has 0 saturated heterocycles. The van der Waals surface area contributed by atoms with Crippen LogP contribution in [0.3, 0.4) is 0 Å². The van der Waals surface area contributed by atoms with Crippen molar-refractivity contribution in [1.29, 1.82) is 0 Å².